The van der Waals surface area contributed by atoms with Gasteiger partial charge in [0, 0.05) is 0 Å². The highest BCUT2D eigenvalue weighted by atomic mass is 35.5. The largest absolute Gasteiger partial charge is 0.492 e. The van der Waals surface area contributed by atoms with Crippen molar-refractivity contribution in [3.8, 4) is 0 Å². The van der Waals surface area contributed by atoms with Gasteiger partial charge in [-0.2, -0.15) is 0 Å². The van der Waals surface area contributed by atoms with Crippen molar-refractivity contribution in [3.63, 3.8) is 0 Å². The maximum atomic E-state index is 12.7. The molecule has 0 spiro atoms. The zero-order valence-corrected chi connectivity index (χ0v) is 7.94. The van der Waals surface area contributed by atoms with Gasteiger partial charge in [-0.05, 0) is 19.1 Å². The van der Waals surface area contributed by atoms with Crippen LogP contribution < -0.4 is 0 Å². The van der Waals surface area contributed by atoms with E-state index >= 15 is 0 Å². The average molecular weight is 202 g/mol. The zero-order chi connectivity index (χ0) is 9.84. The molecule has 0 radical (unpaired) electrons. The molecule has 0 unspecified atom stereocenters. The van der Waals surface area contributed by atoms with Crippen LogP contribution in [0.5, 0.6) is 0 Å². The second-order valence-electron chi connectivity index (χ2n) is 2.33. The predicted molar refractivity (Wildman–Crippen MR) is 49.9 cm³/mol. The van der Waals surface area contributed by atoms with Crippen molar-refractivity contribution in [3.05, 3.63) is 35.4 Å². The van der Waals surface area contributed by atoms with E-state index in [2.05, 4.69) is 11.6 Å². The highest BCUT2D eigenvalue weighted by molar-refractivity contribution is 6.29. The number of halogens is 2. The molecular weight excluding hydrogens is 193 g/mol. The van der Waals surface area contributed by atoms with E-state index in [4.69, 9.17) is 16.3 Å². The van der Waals surface area contributed by atoms with Crippen LogP contribution in [0, 0.1) is 5.82 Å². The van der Waals surface area contributed by atoms with E-state index < -0.39 is 5.82 Å². The molecule has 0 aliphatic carbocycles. The molecule has 0 atom stereocenters. The summed E-state index contributed by atoms with van der Waals surface area (Å²) in [7, 11) is 0. The fourth-order valence-corrected chi connectivity index (χ4v) is 0.975. The lowest BCUT2D eigenvalue weighted by molar-refractivity contribution is 0.297. The van der Waals surface area contributed by atoms with E-state index in [0.717, 1.165) is 0 Å². The van der Waals surface area contributed by atoms with Gasteiger partial charge in [-0.15, -0.1) is 0 Å². The van der Waals surface area contributed by atoms with Gasteiger partial charge in [0.2, 0.25) is 0 Å². The third-order valence-corrected chi connectivity index (χ3v) is 1.67. The van der Waals surface area contributed by atoms with Crippen molar-refractivity contribution in [2.45, 2.75) is 6.92 Å². The van der Waals surface area contributed by atoms with Crippen molar-refractivity contribution in [2.24, 2.45) is 0 Å². The van der Waals surface area contributed by atoms with Crippen molar-refractivity contribution < 1.29 is 9.13 Å². The zero-order valence-electron chi connectivity index (χ0n) is 7.18. The second-order valence-corrected chi connectivity index (χ2v) is 2.68. The molecule has 2 nitrogen and oxygen atoms in total. The Labute approximate surface area is 81.0 Å². The third-order valence-electron chi connectivity index (χ3n) is 1.41. The maximum Gasteiger partial charge on any atom is 0.165 e. The first-order valence-corrected chi connectivity index (χ1v) is 4.17. The molecule has 0 aromatic carbocycles. The van der Waals surface area contributed by atoms with Gasteiger partial charge in [0.25, 0.3) is 0 Å². The number of ether oxygens (including phenoxy) is 1. The fourth-order valence-electron chi connectivity index (χ4n) is 0.821. The van der Waals surface area contributed by atoms with Gasteiger partial charge in [0.05, 0.1) is 6.61 Å². The molecule has 0 fully saturated rings. The highest BCUT2D eigenvalue weighted by Crippen LogP contribution is 2.16. The van der Waals surface area contributed by atoms with E-state index in [0.29, 0.717) is 18.1 Å². The van der Waals surface area contributed by atoms with E-state index in [1.165, 1.54) is 12.1 Å². The van der Waals surface area contributed by atoms with E-state index in [-0.39, 0.29) is 5.15 Å². The summed E-state index contributed by atoms with van der Waals surface area (Å²) in [5.74, 6) is -0.154. The Kier molecular flexibility index (Phi) is 3.25. The Morgan fingerprint density at radius 2 is 2.38 bits per heavy atom. The van der Waals surface area contributed by atoms with Gasteiger partial charge < -0.3 is 4.74 Å². The number of hydrogen-bond donors (Lipinski definition) is 0. The Morgan fingerprint density at radius 3 is 2.92 bits per heavy atom. The molecule has 1 heterocycles. The summed E-state index contributed by atoms with van der Waals surface area (Å²) in [4.78, 5) is 3.76. The normalized spacial score (nSPS) is 9.77. The predicted octanol–water partition coefficient (Wildman–Crippen LogP) is 2.88. The van der Waals surface area contributed by atoms with Crippen LogP contribution in [0.3, 0.4) is 0 Å². The topological polar surface area (TPSA) is 22.1 Å². The summed E-state index contributed by atoms with van der Waals surface area (Å²) in [5.41, 5.74) is 0.452. The van der Waals surface area contributed by atoms with Crippen LogP contribution in [0.2, 0.25) is 5.15 Å². The standard InChI is InChI=1S/C9H9ClFNO/c1-3-13-6(2)8-5-4-7(11)9(10)12-8/h4-5H,2-3H2,1H3. The minimum atomic E-state index is -0.547. The average Bonchev–Trinajstić information content (AvgIpc) is 2.10. The van der Waals surface area contributed by atoms with Gasteiger partial charge in [0.15, 0.2) is 11.0 Å². The SMILES string of the molecule is C=C(OCC)c1ccc(F)c(Cl)n1. The van der Waals surface area contributed by atoms with Crippen molar-refractivity contribution >= 4 is 17.4 Å². The summed E-state index contributed by atoms with van der Waals surface area (Å²) < 4.78 is 17.8. The molecule has 70 valence electrons. The quantitative estimate of drug-likeness (QED) is 0.554. The van der Waals surface area contributed by atoms with Crippen molar-refractivity contribution in [1.82, 2.24) is 4.98 Å². The second kappa shape index (κ2) is 4.23. The summed E-state index contributed by atoms with van der Waals surface area (Å²) >= 11 is 5.48. The molecule has 0 N–H and O–H groups in total. The summed E-state index contributed by atoms with van der Waals surface area (Å²) in [6.07, 6.45) is 0. The van der Waals surface area contributed by atoms with Crippen LogP contribution in [0.25, 0.3) is 5.76 Å². The number of aromatic nitrogens is 1. The number of pyridine rings is 1. The molecule has 4 heteroatoms. The molecule has 0 bridgehead atoms. The molecule has 0 amide bonds. The first-order valence-electron chi connectivity index (χ1n) is 3.79. The summed E-state index contributed by atoms with van der Waals surface area (Å²) in [6.45, 7) is 5.94. The summed E-state index contributed by atoms with van der Waals surface area (Å²) in [5, 5.41) is -0.168. The monoisotopic (exact) mass is 201 g/mol. The van der Waals surface area contributed by atoms with Crippen LogP contribution in [0.1, 0.15) is 12.6 Å². The smallest absolute Gasteiger partial charge is 0.165 e. The number of rotatable bonds is 3. The Morgan fingerprint density at radius 1 is 1.69 bits per heavy atom. The molecule has 1 aromatic heterocycles. The minimum absolute atomic E-state index is 0.168. The maximum absolute atomic E-state index is 12.7. The van der Waals surface area contributed by atoms with E-state index in [1.807, 2.05) is 6.92 Å². The molecule has 13 heavy (non-hydrogen) atoms. The van der Waals surface area contributed by atoms with Gasteiger partial charge in [-0.25, -0.2) is 9.37 Å². The van der Waals surface area contributed by atoms with Gasteiger partial charge >= 0.3 is 0 Å². The van der Waals surface area contributed by atoms with Gasteiger partial charge in [-0.3, -0.25) is 0 Å². The van der Waals surface area contributed by atoms with E-state index in [1.54, 1.807) is 0 Å². The fraction of sp³-hybridized carbons (Fsp3) is 0.222. The first kappa shape index (κ1) is 9.99. The molecule has 1 rings (SSSR count). The number of nitrogens with zero attached hydrogens (tertiary/aromatic N) is 1. The third kappa shape index (κ3) is 2.42. The van der Waals surface area contributed by atoms with Crippen LogP contribution in [-0.2, 0) is 4.74 Å². The molecule has 0 aliphatic heterocycles. The van der Waals surface area contributed by atoms with Gasteiger partial charge in [-0.1, -0.05) is 18.2 Å². The Bertz CT molecular complexity index is 327. The van der Waals surface area contributed by atoms with Crippen LogP contribution in [-0.4, -0.2) is 11.6 Å². The van der Waals surface area contributed by atoms with Crippen LogP contribution >= 0.6 is 11.6 Å². The lowest BCUT2D eigenvalue weighted by Gasteiger charge is -2.05. The first-order chi connectivity index (χ1) is 6.15. The molecular formula is C9H9ClFNO. The lowest BCUT2D eigenvalue weighted by atomic mass is 10.3. The highest BCUT2D eigenvalue weighted by Gasteiger charge is 2.05. The van der Waals surface area contributed by atoms with Crippen molar-refractivity contribution in [1.29, 1.82) is 0 Å². The summed E-state index contributed by atoms with van der Waals surface area (Å²) in [6, 6.07) is 2.70. The van der Waals surface area contributed by atoms with Crippen LogP contribution in [0.15, 0.2) is 18.7 Å². The van der Waals surface area contributed by atoms with Crippen LogP contribution in [0.4, 0.5) is 4.39 Å². The Balaban J connectivity index is 2.90. The molecule has 1 aromatic rings. The van der Waals surface area contributed by atoms with E-state index in [9.17, 15) is 4.39 Å². The molecule has 0 aliphatic rings. The Hall–Kier alpha value is -1.09. The minimum Gasteiger partial charge on any atom is -0.492 e. The van der Waals surface area contributed by atoms with Crippen molar-refractivity contribution in [2.75, 3.05) is 6.61 Å². The molecule has 0 saturated heterocycles. The lowest BCUT2D eigenvalue weighted by Crippen LogP contribution is -1.94. The van der Waals surface area contributed by atoms with Gasteiger partial charge in [0.1, 0.15) is 11.5 Å². The molecule has 0 saturated carbocycles. The number of hydrogen-bond acceptors (Lipinski definition) is 2.